The molecular weight excluding hydrogens is 204 g/mol. The first kappa shape index (κ1) is 11.3. The summed E-state index contributed by atoms with van der Waals surface area (Å²) >= 11 is 0. The normalized spacial score (nSPS) is 17.9. The Hall–Kier alpha value is -1.16. The number of imidazole rings is 1. The topological polar surface area (TPSA) is 44.1 Å². The van der Waals surface area contributed by atoms with Gasteiger partial charge in [0.25, 0.3) is 0 Å². The molecule has 0 spiro atoms. The van der Waals surface area contributed by atoms with Gasteiger partial charge in [-0.2, -0.15) is 0 Å². The summed E-state index contributed by atoms with van der Waals surface area (Å²) in [5.41, 5.74) is 0. The SMILES string of the molecule is O=C1CCC(OCCCn2ccnc2)CC1. The Morgan fingerprint density at radius 2 is 2.25 bits per heavy atom. The number of nitrogens with zero attached hydrogens (tertiary/aromatic N) is 2. The molecule has 4 heteroatoms. The standard InChI is InChI=1S/C12H18N2O2/c15-11-2-4-12(5-3-11)16-9-1-7-14-8-6-13-10-14/h6,8,10,12H,1-5,7,9H2. The Morgan fingerprint density at radius 3 is 2.94 bits per heavy atom. The summed E-state index contributed by atoms with van der Waals surface area (Å²) in [5.74, 6) is 0.387. The van der Waals surface area contributed by atoms with Crippen LogP contribution in [0.1, 0.15) is 32.1 Å². The van der Waals surface area contributed by atoms with Crippen molar-refractivity contribution in [2.45, 2.75) is 44.8 Å². The van der Waals surface area contributed by atoms with Crippen molar-refractivity contribution in [1.29, 1.82) is 0 Å². The summed E-state index contributed by atoms with van der Waals surface area (Å²) < 4.78 is 7.79. The van der Waals surface area contributed by atoms with E-state index in [0.29, 0.717) is 24.7 Å². The molecule has 1 aliphatic carbocycles. The number of hydrogen-bond donors (Lipinski definition) is 0. The molecule has 0 aromatic carbocycles. The highest BCUT2D eigenvalue weighted by atomic mass is 16.5. The van der Waals surface area contributed by atoms with Crippen molar-refractivity contribution in [1.82, 2.24) is 9.55 Å². The summed E-state index contributed by atoms with van der Waals surface area (Å²) in [4.78, 5) is 15.0. The van der Waals surface area contributed by atoms with Crippen molar-refractivity contribution in [3.8, 4) is 0 Å². The van der Waals surface area contributed by atoms with Gasteiger partial charge in [0.1, 0.15) is 5.78 Å². The van der Waals surface area contributed by atoms with Gasteiger partial charge in [0.2, 0.25) is 0 Å². The van der Waals surface area contributed by atoms with E-state index in [1.54, 1.807) is 6.20 Å². The number of aromatic nitrogens is 2. The lowest BCUT2D eigenvalue weighted by Crippen LogP contribution is -2.22. The first-order valence-corrected chi connectivity index (χ1v) is 5.93. The maximum Gasteiger partial charge on any atom is 0.133 e. The van der Waals surface area contributed by atoms with E-state index in [1.807, 2.05) is 17.1 Å². The molecule has 1 aromatic heterocycles. The molecule has 16 heavy (non-hydrogen) atoms. The fraction of sp³-hybridized carbons (Fsp3) is 0.667. The average Bonchev–Trinajstić information content (AvgIpc) is 2.80. The van der Waals surface area contributed by atoms with Gasteiger partial charge in [0.15, 0.2) is 0 Å². The minimum Gasteiger partial charge on any atom is -0.378 e. The molecule has 1 saturated carbocycles. The molecule has 4 nitrogen and oxygen atoms in total. The van der Waals surface area contributed by atoms with Crippen LogP contribution < -0.4 is 0 Å². The molecular formula is C12H18N2O2. The Morgan fingerprint density at radius 1 is 1.44 bits per heavy atom. The van der Waals surface area contributed by atoms with Gasteiger partial charge in [-0.1, -0.05) is 0 Å². The third kappa shape index (κ3) is 3.45. The zero-order valence-corrected chi connectivity index (χ0v) is 9.47. The van der Waals surface area contributed by atoms with Gasteiger partial charge in [-0.15, -0.1) is 0 Å². The van der Waals surface area contributed by atoms with Crippen LogP contribution in [0.3, 0.4) is 0 Å². The quantitative estimate of drug-likeness (QED) is 0.713. The molecule has 0 N–H and O–H groups in total. The minimum absolute atomic E-state index is 0.306. The molecule has 0 atom stereocenters. The predicted octanol–water partition coefficient (Wildman–Crippen LogP) is 1.80. The zero-order chi connectivity index (χ0) is 11.2. The Kier molecular flexibility index (Phi) is 4.10. The molecule has 88 valence electrons. The lowest BCUT2D eigenvalue weighted by molar-refractivity contribution is -0.123. The Bertz CT molecular complexity index is 312. The predicted molar refractivity (Wildman–Crippen MR) is 60.1 cm³/mol. The number of carbonyl (C=O) groups is 1. The van der Waals surface area contributed by atoms with Crippen molar-refractivity contribution in [2.75, 3.05) is 6.61 Å². The maximum absolute atomic E-state index is 11.0. The van der Waals surface area contributed by atoms with Gasteiger partial charge in [0, 0.05) is 38.4 Å². The lowest BCUT2D eigenvalue weighted by atomic mass is 9.96. The zero-order valence-electron chi connectivity index (χ0n) is 9.47. The fourth-order valence-corrected chi connectivity index (χ4v) is 2.00. The third-order valence-corrected chi connectivity index (χ3v) is 2.96. The molecule has 0 amide bonds. The minimum atomic E-state index is 0.306. The van der Waals surface area contributed by atoms with Crippen molar-refractivity contribution in [3.05, 3.63) is 18.7 Å². The smallest absolute Gasteiger partial charge is 0.133 e. The summed E-state index contributed by atoms with van der Waals surface area (Å²) in [7, 11) is 0. The molecule has 0 bridgehead atoms. The van der Waals surface area contributed by atoms with Crippen molar-refractivity contribution < 1.29 is 9.53 Å². The summed E-state index contributed by atoms with van der Waals surface area (Å²) in [6, 6.07) is 0. The largest absolute Gasteiger partial charge is 0.378 e. The van der Waals surface area contributed by atoms with Crippen LogP contribution in [0, 0.1) is 0 Å². The Balaban J connectivity index is 1.56. The lowest BCUT2D eigenvalue weighted by Gasteiger charge is -2.21. The number of ketones is 1. The number of hydrogen-bond acceptors (Lipinski definition) is 3. The van der Waals surface area contributed by atoms with E-state index < -0.39 is 0 Å². The second-order valence-electron chi connectivity index (χ2n) is 4.26. The first-order valence-electron chi connectivity index (χ1n) is 5.93. The number of ether oxygens (including phenoxy) is 1. The van der Waals surface area contributed by atoms with E-state index in [0.717, 1.165) is 32.4 Å². The van der Waals surface area contributed by atoms with Crippen LogP contribution in [0.25, 0.3) is 0 Å². The van der Waals surface area contributed by atoms with Crippen LogP contribution in [0.4, 0.5) is 0 Å². The van der Waals surface area contributed by atoms with Crippen LogP contribution in [0.5, 0.6) is 0 Å². The number of Topliss-reactive ketones (excluding diaryl/α,β-unsaturated/α-hetero) is 1. The van der Waals surface area contributed by atoms with E-state index in [-0.39, 0.29) is 0 Å². The summed E-state index contributed by atoms with van der Waals surface area (Å²) in [6.07, 6.45) is 10.1. The highest BCUT2D eigenvalue weighted by molar-refractivity contribution is 5.79. The number of aryl methyl sites for hydroxylation is 1. The molecule has 0 unspecified atom stereocenters. The van der Waals surface area contributed by atoms with E-state index in [2.05, 4.69) is 4.98 Å². The van der Waals surface area contributed by atoms with Crippen LogP contribution in [0.2, 0.25) is 0 Å². The number of rotatable bonds is 5. The van der Waals surface area contributed by atoms with Crippen molar-refractivity contribution in [3.63, 3.8) is 0 Å². The van der Waals surface area contributed by atoms with Crippen LogP contribution >= 0.6 is 0 Å². The van der Waals surface area contributed by atoms with Crippen LogP contribution in [-0.2, 0) is 16.1 Å². The maximum atomic E-state index is 11.0. The van der Waals surface area contributed by atoms with Crippen molar-refractivity contribution in [2.24, 2.45) is 0 Å². The van der Waals surface area contributed by atoms with E-state index in [1.165, 1.54) is 0 Å². The molecule has 0 aliphatic heterocycles. The van der Waals surface area contributed by atoms with Gasteiger partial charge >= 0.3 is 0 Å². The summed E-state index contributed by atoms with van der Waals surface area (Å²) in [5, 5.41) is 0. The van der Waals surface area contributed by atoms with E-state index >= 15 is 0 Å². The molecule has 1 heterocycles. The van der Waals surface area contributed by atoms with Crippen molar-refractivity contribution >= 4 is 5.78 Å². The molecule has 1 fully saturated rings. The fourth-order valence-electron chi connectivity index (χ4n) is 2.00. The molecule has 0 saturated heterocycles. The second-order valence-corrected chi connectivity index (χ2v) is 4.26. The molecule has 0 radical (unpaired) electrons. The summed E-state index contributed by atoms with van der Waals surface area (Å²) in [6.45, 7) is 1.72. The highest BCUT2D eigenvalue weighted by Crippen LogP contribution is 2.17. The van der Waals surface area contributed by atoms with Crippen LogP contribution in [-0.4, -0.2) is 28.0 Å². The van der Waals surface area contributed by atoms with Gasteiger partial charge < -0.3 is 9.30 Å². The third-order valence-electron chi connectivity index (χ3n) is 2.96. The van der Waals surface area contributed by atoms with Gasteiger partial charge in [-0.3, -0.25) is 4.79 Å². The Labute approximate surface area is 95.6 Å². The number of carbonyl (C=O) groups excluding carboxylic acids is 1. The van der Waals surface area contributed by atoms with Gasteiger partial charge in [-0.05, 0) is 19.3 Å². The monoisotopic (exact) mass is 222 g/mol. The second kappa shape index (κ2) is 5.80. The first-order chi connectivity index (χ1) is 7.84. The molecule has 1 aromatic rings. The average molecular weight is 222 g/mol. The molecule has 2 rings (SSSR count). The highest BCUT2D eigenvalue weighted by Gasteiger charge is 2.18. The van der Waals surface area contributed by atoms with Gasteiger partial charge in [0.05, 0.1) is 12.4 Å². The van der Waals surface area contributed by atoms with Crippen LogP contribution in [0.15, 0.2) is 18.7 Å². The van der Waals surface area contributed by atoms with E-state index in [4.69, 9.17) is 4.74 Å². The van der Waals surface area contributed by atoms with Gasteiger partial charge in [-0.25, -0.2) is 4.98 Å². The van der Waals surface area contributed by atoms with E-state index in [9.17, 15) is 4.79 Å². The molecule has 1 aliphatic rings.